The third-order valence-corrected chi connectivity index (χ3v) is 5.48. The molecule has 4 atom stereocenters. The van der Waals surface area contributed by atoms with Gasteiger partial charge in [0.05, 0.1) is 12.5 Å². The molecule has 36 heavy (non-hydrogen) atoms. The van der Waals surface area contributed by atoms with Crippen LogP contribution in [0.1, 0.15) is 45.1 Å². The molecule has 0 saturated heterocycles. The number of amides is 4. The summed E-state index contributed by atoms with van der Waals surface area (Å²) in [4.78, 5) is 61.5. The van der Waals surface area contributed by atoms with Crippen molar-refractivity contribution in [2.45, 2.75) is 70.1 Å². The van der Waals surface area contributed by atoms with Crippen LogP contribution in [0.2, 0.25) is 0 Å². The highest BCUT2D eigenvalue weighted by molar-refractivity contribution is 5.96. The minimum Gasteiger partial charge on any atom is -0.480 e. The maximum Gasteiger partial charge on any atom is 0.326 e. The highest BCUT2D eigenvalue weighted by Gasteiger charge is 2.32. The Kier molecular flexibility index (Phi) is 13.1. The molecule has 0 aliphatic heterocycles. The first-order valence-electron chi connectivity index (χ1n) is 11.9. The molecule has 1 rings (SSSR count). The van der Waals surface area contributed by atoms with E-state index in [0.29, 0.717) is 19.4 Å². The Morgan fingerprint density at radius 3 is 2.00 bits per heavy atom. The fourth-order valence-corrected chi connectivity index (χ4v) is 3.45. The first-order valence-corrected chi connectivity index (χ1v) is 11.9. The van der Waals surface area contributed by atoms with Crippen LogP contribution in [-0.4, -0.2) is 65.4 Å². The largest absolute Gasteiger partial charge is 0.480 e. The van der Waals surface area contributed by atoms with E-state index in [-0.39, 0.29) is 12.8 Å². The second-order valence-electron chi connectivity index (χ2n) is 8.94. The molecule has 12 heteroatoms. The quantitative estimate of drug-likeness (QED) is 0.134. The van der Waals surface area contributed by atoms with Crippen molar-refractivity contribution >= 4 is 29.6 Å². The van der Waals surface area contributed by atoms with Crippen molar-refractivity contribution in [1.29, 1.82) is 0 Å². The molecule has 12 nitrogen and oxygen atoms in total. The predicted molar refractivity (Wildman–Crippen MR) is 133 cm³/mol. The number of carbonyl (C=O) groups excluding carboxylic acids is 4. The summed E-state index contributed by atoms with van der Waals surface area (Å²) < 4.78 is 0. The number of rotatable bonds is 16. The van der Waals surface area contributed by atoms with Gasteiger partial charge in [0.1, 0.15) is 18.1 Å². The lowest BCUT2D eigenvalue weighted by Crippen LogP contribution is -2.58. The molecule has 0 bridgehead atoms. The molecule has 1 aromatic carbocycles. The highest BCUT2D eigenvalue weighted by Crippen LogP contribution is 2.07. The number of carbonyl (C=O) groups is 5. The number of unbranched alkanes of at least 4 members (excludes halogenated alkanes) is 1. The summed E-state index contributed by atoms with van der Waals surface area (Å²) in [7, 11) is 0. The number of hydrogen-bond acceptors (Lipinski definition) is 7. The topological polar surface area (TPSA) is 220 Å². The van der Waals surface area contributed by atoms with Gasteiger partial charge < -0.3 is 38.3 Å². The van der Waals surface area contributed by atoms with Crippen molar-refractivity contribution in [2.75, 3.05) is 6.54 Å². The first-order chi connectivity index (χ1) is 17.0. The van der Waals surface area contributed by atoms with Gasteiger partial charge in [0.15, 0.2) is 0 Å². The minimum atomic E-state index is -1.43. The average Bonchev–Trinajstić information content (AvgIpc) is 2.81. The third-order valence-electron chi connectivity index (χ3n) is 5.48. The molecule has 10 N–H and O–H groups in total. The molecule has 1 aromatic rings. The second kappa shape index (κ2) is 15.5. The molecule has 0 aliphatic carbocycles. The molecule has 0 saturated carbocycles. The molecule has 0 fully saturated rings. The Bertz CT molecular complexity index is 894. The molecule has 4 amide bonds. The molecule has 0 radical (unpaired) electrons. The second-order valence-corrected chi connectivity index (χ2v) is 8.94. The lowest BCUT2D eigenvalue weighted by atomic mass is 10.0. The Morgan fingerprint density at radius 2 is 1.47 bits per heavy atom. The van der Waals surface area contributed by atoms with Gasteiger partial charge in [-0.05, 0) is 43.7 Å². The van der Waals surface area contributed by atoms with Gasteiger partial charge in [-0.2, -0.15) is 0 Å². The third kappa shape index (κ3) is 10.8. The number of nitrogens with two attached hydrogens (primary N) is 3. The number of nitrogens with one attached hydrogen (secondary N) is 3. The standard InChI is InChI=1S/C24H38N6O6/c1-14(2)20(24(35)36)30-23(34)18(13-19(27)31)29-22(33)17(10-6-7-11-25)28-21(32)16(26)12-15-8-4-3-5-9-15/h3-5,8-9,14,16-18,20H,6-7,10-13,25-26H2,1-2H3,(H2,27,31)(H,28,32)(H,29,33)(H,30,34)(H,35,36). The summed E-state index contributed by atoms with van der Waals surface area (Å²) in [5.41, 5.74) is 17.7. The summed E-state index contributed by atoms with van der Waals surface area (Å²) in [6.07, 6.45) is 1.00. The van der Waals surface area contributed by atoms with E-state index in [9.17, 15) is 29.1 Å². The number of primary amides is 1. The van der Waals surface area contributed by atoms with Gasteiger partial charge in [-0.15, -0.1) is 0 Å². The fraction of sp³-hybridized carbons (Fsp3) is 0.542. The van der Waals surface area contributed by atoms with Gasteiger partial charge >= 0.3 is 5.97 Å². The molecule has 0 heterocycles. The highest BCUT2D eigenvalue weighted by atomic mass is 16.4. The van der Waals surface area contributed by atoms with Crippen molar-refractivity contribution in [3.05, 3.63) is 35.9 Å². The van der Waals surface area contributed by atoms with E-state index in [2.05, 4.69) is 16.0 Å². The molecule has 0 aromatic heterocycles. The van der Waals surface area contributed by atoms with Crippen LogP contribution in [0.5, 0.6) is 0 Å². The van der Waals surface area contributed by atoms with Crippen LogP contribution >= 0.6 is 0 Å². The zero-order valence-electron chi connectivity index (χ0n) is 20.7. The first kappa shape index (κ1) is 30.5. The number of benzene rings is 1. The maximum atomic E-state index is 13.1. The van der Waals surface area contributed by atoms with Crippen LogP contribution in [0.4, 0.5) is 0 Å². The summed E-state index contributed by atoms with van der Waals surface area (Å²) >= 11 is 0. The van der Waals surface area contributed by atoms with Gasteiger partial charge in [0, 0.05) is 0 Å². The Labute approximate surface area is 210 Å². The van der Waals surface area contributed by atoms with Crippen LogP contribution < -0.4 is 33.2 Å². The van der Waals surface area contributed by atoms with Crippen molar-refractivity contribution in [1.82, 2.24) is 16.0 Å². The number of carboxylic acid groups (broad SMARTS) is 1. The zero-order valence-corrected chi connectivity index (χ0v) is 20.7. The van der Waals surface area contributed by atoms with E-state index in [4.69, 9.17) is 17.2 Å². The maximum absolute atomic E-state index is 13.1. The molecular weight excluding hydrogens is 468 g/mol. The van der Waals surface area contributed by atoms with Gasteiger partial charge in [-0.1, -0.05) is 44.2 Å². The normalized spacial score (nSPS) is 14.2. The smallest absolute Gasteiger partial charge is 0.326 e. The van der Waals surface area contributed by atoms with Crippen LogP contribution in [-0.2, 0) is 30.4 Å². The van der Waals surface area contributed by atoms with Gasteiger partial charge in [-0.25, -0.2) is 4.79 Å². The zero-order chi connectivity index (χ0) is 27.3. The van der Waals surface area contributed by atoms with Crippen LogP contribution in [0.25, 0.3) is 0 Å². The number of carboxylic acids is 1. The lowest BCUT2D eigenvalue weighted by Gasteiger charge is -2.25. The van der Waals surface area contributed by atoms with E-state index < -0.39 is 66.1 Å². The summed E-state index contributed by atoms with van der Waals surface area (Å²) in [6.45, 7) is 3.58. The van der Waals surface area contributed by atoms with E-state index in [0.717, 1.165) is 5.56 Å². The van der Waals surface area contributed by atoms with Crippen LogP contribution in [0.3, 0.4) is 0 Å². The van der Waals surface area contributed by atoms with Crippen molar-refractivity contribution in [3.63, 3.8) is 0 Å². The SMILES string of the molecule is CC(C)C(NC(=O)C(CC(N)=O)NC(=O)C(CCCCN)NC(=O)C(N)Cc1ccccc1)C(=O)O. The number of hydrogen-bond donors (Lipinski definition) is 7. The van der Waals surface area contributed by atoms with Gasteiger partial charge in [0.25, 0.3) is 0 Å². The van der Waals surface area contributed by atoms with Crippen molar-refractivity contribution in [3.8, 4) is 0 Å². The van der Waals surface area contributed by atoms with E-state index >= 15 is 0 Å². The Balaban J connectivity index is 2.97. The monoisotopic (exact) mass is 506 g/mol. The predicted octanol–water partition coefficient (Wildman–Crippen LogP) is -1.24. The average molecular weight is 507 g/mol. The van der Waals surface area contributed by atoms with E-state index in [1.54, 1.807) is 13.8 Å². The fourth-order valence-electron chi connectivity index (χ4n) is 3.45. The molecule has 0 spiro atoms. The molecule has 4 unspecified atom stereocenters. The van der Waals surface area contributed by atoms with Crippen LogP contribution in [0, 0.1) is 5.92 Å². The van der Waals surface area contributed by atoms with Crippen LogP contribution in [0.15, 0.2) is 30.3 Å². The van der Waals surface area contributed by atoms with E-state index in [1.165, 1.54) is 0 Å². The summed E-state index contributed by atoms with van der Waals surface area (Å²) in [5, 5.41) is 16.7. The lowest BCUT2D eigenvalue weighted by molar-refractivity contribution is -0.143. The summed E-state index contributed by atoms with van der Waals surface area (Å²) in [6, 6.07) is 4.48. The Hall–Kier alpha value is -3.51. The van der Waals surface area contributed by atoms with E-state index in [1.807, 2.05) is 30.3 Å². The molecule has 200 valence electrons. The number of aliphatic carboxylic acids is 1. The van der Waals surface area contributed by atoms with Gasteiger partial charge in [0.2, 0.25) is 23.6 Å². The molecule has 0 aliphatic rings. The van der Waals surface area contributed by atoms with Crippen molar-refractivity contribution < 1.29 is 29.1 Å². The minimum absolute atomic E-state index is 0.210. The molecular formula is C24H38N6O6. The Morgan fingerprint density at radius 1 is 0.889 bits per heavy atom. The van der Waals surface area contributed by atoms with Crippen molar-refractivity contribution in [2.24, 2.45) is 23.1 Å². The summed E-state index contributed by atoms with van der Waals surface area (Å²) in [5.74, 6) is -4.76. The van der Waals surface area contributed by atoms with Gasteiger partial charge in [-0.3, -0.25) is 19.2 Å².